The van der Waals surface area contributed by atoms with Crippen LogP contribution in [0.1, 0.15) is 31.2 Å². The van der Waals surface area contributed by atoms with Crippen LogP contribution in [0, 0.1) is 0 Å². The number of nitrogens with one attached hydrogen (secondary N) is 1. The Balaban J connectivity index is 1.45. The molecule has 0 bridgehead atoms. The molecule has 0 spiro atoms. The van der Waals surface area contributed by atoms with Crippen molar-refractivity contribution in [3.63, 3.8) is 0 Å². The Hall–Kier alpha value is -2.87. The third-order valence-corrected chi connectivity index (χ3v) is 5.83. The van der Waals surface area contributed by atoms with E-state index in [0.717, 1.165) is 39.6 Å². The van der Waals surface area contributed by atoms with E-state index in [-0.39, 0.29) is 18.2 Å². The summed E-state index contributed by atoms with van der Waals surface area (Å²) >= 11 is 1.03. The molecule has 1 saturated carbocycles. The fraction of sp³-hybridized carbons (Fsp3) is 0.350. The van der Waals surface area contributed by atoms with E-state index in [9.17, 15) is 9.59 Å². The zero-order valence-electron chi connectivity index (χ0n) is 15.5. The summed E-state index contributed by atoms with van der Waals surface area (Å²) in [6, 6.07) is 8.48. The molecule has 1 aliphatic carbocycles. The number of carbonyl (C=O) groups is 1. The molecule has 28 heavy (non-hydrogen) atoms. The molecule has 0 aliphatic heterocycles. The van der Waals surface area contributed by atoms with Crippen LogP contribution >= 0.6 is 11.5 Å². The van der Waals surface area contributed by atoms with Crippen molar-refractivity contribution in [1.29, 1.82) is 0 Å². The third-order valence-electron chi connectivity index (χ3n) is 4.82. The predicted molar refractivity (Wildman–Crippen MR) is 107 cm³/mol. The maximum Gasteiger partial charge on any atom is 0.338 e. The van der Waals surface area contributed by atoms with Gasteiger partial charge in [-0.2, -0.15) is 3.96 Å². The van der Waals surface area contributed by atoms with Crippen LogP contribution in [0.2, 0.25) is 0 Å². The van der Waals surface area contributed by atoms with Crippen LogP contribution < -0.4 is 20.3 Å². The van der Waals surface area contributed by atoms with Gasteiger partial charge in [0.2, 0.25) is 0 Å². The quantitative estimate of drug-likeness (QED) is 0.710. The van der Waals surface area contributed by atoms with Crippen molar-refractivity contribution in [2.75, 3.05) is 7.11 Å². The summed E-state index contributed by atoms with van der Waals surface area (Å²) in [6.07, 6.45) is 6.38. The lowest BCUT2D eigenvalue weighted by molar-refractivity contribution is 0.200. The number of hydrogen-bond acceptors (Lipinski definition) is 6. The van der Waals surface area contributed by atoms with E-state index >= 15 is 0 Å². The molecule has 4 rings (SSSR count). The molecule has 2 aromatic heterocycles. The van der Waals surface area contributed by atoms with Crippen LogP contribution in [0.15, 0.2) is 41.3 Å². The molecule has 146 valence electrons. The Morgan fingerprint density at radius 1 is 1.29 bits per heavy atom. The van der Waals surface area contributed by atoms with Gasteiger partial charge in [-0.3, -0.25) is 4.79 Å². The van der Waals surface area contributed by atoms with Gasteiger partial charge < -0.3 is 14.8 Å². The number of carbonyl (C=O) groups excluding carboxylic acids is 1. The second kappa shape index (κ2) is 8.02. The van der Waals surface area contributed by atoms with Crippen molar-refractivity contribution in [3.05, 3.63) is 52.4 Å². The first-order valence-electron chi connectivity index (χ1n) is 9.24. The van der Waals surface area contributed by atoms with Gasteiger partial charge in [0.05, 0.1) is 18.6 Å². The van der Waals surface area contributed by atoms with Gasteiger partial charge in [0.1, 0.15) is 4.83 Å². The van der Waals surface area contributed by atoms with E-state index in [4.69, 9.17) is 9.47 Å². The van der Waals surface area contributed by atoms with Gasteiger partial charge in [0.25, 0.3) is 5.56 Å². The van der Waals surface area contributed by atoms with E-state index in [1.165, 1.54) is 12.8 Å². The molecule has 0 radical (unpaired) electrons. The number of aromatic nitrogens is 2. The third kappa shape index (κ3) is 3.73. The number of benzene rings is 1. The molecular weight excluding hydrogens is 378 g/mol. The number of amides is 1. The molecule has 2 heterocycles. The second-order valence-corrected chi connectivity index (χ2v) is 7.65. The van der Waals surface area contributed by atoms with Crippen molar-refractivity contribution in [1.82, 2.24) is 14.3 Å². The Morgan fingerprint density at radius 3 is 2.86 bits per heavy atom. The SMILES string of the molecule is COc1cc(CNC(=O)n2sc3ncccc3c2=O)ccc1OC1CCCC1. The van der Waals surface area contributed by atoms with Gasteiger partial charge >= 0.3 is 6.03 Å². The van der Waals surface area contributed by atoms with Crippen LogP contribution in [0.4, 0.5) is 4.79 Å². The first-order valence-corrected chi connectivity index (χ1v) is 10.0. The highest BCUT2D eigenvalue weighted by molar-refractivity contribution is 7.14. The minimum Gasteiger partial charge on any atom is -0.493 e. The van der Waals surface area contributed by atoms with Crippen LogP contribution in [-0.2, 0) is 6.54 Å². The fourth-order valence-corrected chi connectivity index (χ4v) is 4.22. The normalized spacial score (nSPS) is 14.3. The van der Waals surface area contributed by atoms with Crippen LogP contribution in [0.3, 0.4) is 0 Å². The zero-order chi connectivity index (χ0) is 19.5. The Bertz CT molecular complexity index is 1050. The highest BCUT2D eigenvalue weighted by Gasteiger charge is 2.19. The van der Waals surface area contributed by atoms with Crippen molar-refractivity contribution in [2.24, 2.45) is 0 Å². The Labute approximate surface area is 166 Å². The van der Waals surface area contributed by atoms with Gasteiger partial charge in [-0.25, -0.2) is 9.78 Å². The molecule has 0 saturated heterocycles. The molecule has 1 N–H and O–H groups in total. The number of fused-ring (bicyclic) bond motifs is 1. The van der Waals surface area contributed by atoms with Gasteiger partial charge in [-0.1, -0.05) is 6.07 Å². The summed E-state index contributed by atoms with van der Waals surface area (Å²) in [5.41, 5.74) is 0.500. The number of ether oxygens (including phenoxy) is 2. The van der Waals surface area contributed by atoms with Crippen LogP contribution in [-0.4, -0.2) is 28.2 Å². The molecule has 1 aliphatic rings. The topological polar surface area (TPSA) is 82.5 Å². The lowest BCUT2D eigenvalue weighted by Gasteiger charge is -2.16. The largest absolute Gasteiger partial charge is 0.493 e. The van der Waals surface area contributed by atoms with Crippen molar-refractivity contribution in [2.45, 2.75) is 38.3 Å². The molecule has 1 aromatic carbocycles. The molecule has 0 atom stereocenters. The van der Waals surface area contributed by atoms with Crippen LogP contribution in [0.25, 0.3) is 10.2 Å². The summed E-state index contributed by atoms with van der Waals surface area (Å²) in [7, 11) is 1.60. The summed E-state index contributed by atoms with van der Waals surface area (Å²) < 4.78 is 12.6. The minimum absolute atomic E-state index is 0.243. The molecule has 8 heteroatoms. The number of hydrogen-bond donors (Lipinski definition) is 1. The predicted octanol–water partition coefficient (Wildman–Crippen LogP) is 3.55. The van der Waals surface area contributed by atoms with Gasteiger partial charge in [-0.15, -0.1) is 0 Å². The first-order chi connectivity index (χ1) is 13.7. The Kier molecular flexibility index (Phi) is 5.29. The standard InChI is InChI=1S/C20H21N3O4S/c1-26-17-11-13(8-9-16(17)27-14-5-2-3-6-14)12-22-20(25)23-19(24)15-7-4-10-21-18(15)28-23/h4,7-11,14H,2-3,5-6,12H2,1H3,(H,22,25). The zero-order valence-corrected chi connectivity index (χ0v) is 16.3. The molecule has 1 fully saturated rings. The average Bonchev–Trinajstić information content (AvgIpc) is 3.35. The van der Waals surface area contributed by atoms with Gasteiger partial charge in [0.15, 0.2) is 11.5 Å². The second-order valence-electron chi connectivity index (χ2n) is 6.72. The molecule has 3 aromatic rings. The Morgan fingerprint density at radius 2 is 2.11 bits per heavy atom. The van der Waals surface area contributed by atoms with Gasteiger partial charge in [-0.05, 0) is 67.0 Å². The van der Waals surface area contributed by atoms with Crippen molar-refractivity contribution < 1.29 is 14.3 Å². The van der Waals surface area contributed by atoms with E-state index in [0.29, 0.717) is 16.0 Å². The molecule has 1 amide bonds. The highest BCUT2D eigenvalue weighted by Crippen LogP contribution is 2.32. The minimum atomic E-state index is -0.474. The van der Waals surface area contributed by atoms with Gasteiger partial charge in [0, 0.05) is 12.7 Å². The lowest BCUT2D eigenvalue weighted by atomic mass is 10.2. The van der Waals surface area contributed by atoms with E-state index in [1.807, 2.05) is 18.2 Å². The number of rotatable bonds is 5. The van der Waals surface area contributed by atoms with E-state index < -0.39 is 6.03 Å². The lowest BCUT2D eigenvalue weighted by Crippen LogP contribution is -2.32. The molecule has 0 unspecified atom stereocenters. The average molecular weight is 399 g/mol. The maximum atomic E-state index is 12.4. The molecular formula is C20H21N3O4S. The number of pyridine rings is 1. The summed E-state index contributed by atoms with van der Waals surface area (Å²) in [5.74, 6) is 1.36. The highest BCUT2D eigenvalue weighted by atomic mass is 32.1. The van der Waals surface area contributed by atoms with Crippen LogP contribution in [0.5, 0.6) is 11.5 Å². The number of methoxy groups -OCH3 is 1. The molecule has 7 nitrogen and oxygen atoms in total. The van der Waals surface area contributed by atoms with Crippen molar-refractivity contribution in [3.8, 4) is 11.5 Å². The summed E-state index contributed by atoms with van der Waals surface area (Å²) in [5, 5.41) is 3.21. The summed E-state index contributed by atoms with van der Waals surface area (Å²) in [4.78, 5) is 29.4. The summed E-state index contributed by atoms with van der Waals surface area (Å²) in [6.45, 7) is 0.271. The maximum absolute atomic E-state index is 12.4. The smallest absolute Gasteiger partial charge is 0.338 e. The van der Waals surface area contributed by atoms with Crippen molar-refractivity contribution >= 4 is 27.8 Å². The van der Waals surface area contributed by atoms with E-state index in [2.05, 4.69) is 10.3 Å². The first kappa shape index (κ1) is 18.5. The van der Waals surface area contributed by atoms with E-state index in [1.54, 1.807) is 25.4 Å². The monoisotopic (exact) mass is 399 g/mol. The number of nitrogens with zero attached hydrogens (tertiary/aromatic N) is 2. The fourth-order valence-electron chi connectivity index (χ4n) is 3.35.